The van der Waals surface area contributed by atoms with E-state index in [1.165, 1.54) is 11.3 Å². The smallest absolute Gasteiger partial charge is 0.265 e. The lowest BCUT2D eigenvalue weighted by Gasteiger charge is -2.15. The van der Waals surface area contributed by atoms with Crippen LogP contribution in [-0.4, -0.2) is 46.5 Å². The summed E-state index contributed by atoms with van der Waals surface area (Å²) in [5.41, 5.74) is 0. The lowest BCUT2D eigenvalue weighted by molar-refractivity contribution is 0.0775. The fourth-order valence-corrected chi connectivity index (χ4v) is 3.21. The molecule has 1 N–H and O–H groups in total. The maximum atomic E-state index is 12.5. The first-order chi connectivity index (χ1) is 10.8. The molecule has 7 heteroatoms. The molecule has 3 heterocycles. The monoisotopic (exact) mass is 318 g/mol. The second-order valence-corrected chi connectivity index (χ2v) is 6.04. The Morgan fingerprint density at radius 2 is 2.41 bits per heavy atom. The summed E-state index contributed by atoms with van der Waals surface area (Å²) >= 11 is 1.39. The summed E-state index contributed by atoms with van der Waals surface area (Å²) in [6, 6.07) is 5.57. The average Bonchev–Trinajstić information content (AvgIpc) is 3.18. The Morgan fingerprint density at radius 3 is 3.18 bits per heavy atom. The number of ether oxygens (including phenoxy) is 1. The lowest BCUT2D eigenvalue weighted by Crippen LogP contribution is -2.30. The second kappa shape index (κ2) is 6.74. The van der Waals surface area contributed by atoms with E-state index in [0.717, 1.165) is 18.1 Å². The number of nitrogens with zero attached hydrogens (tertiary/aromatic N) is 3. The third-order valence-corrected chi connectivity index (χ3v) is 4.34. The van der Waals surface area contributed by atoms with Gasteiger partial charge in [-0.05, 0) is 13.0 Å². The molecule has 2 aromatic rings. The van der Waals surface area contributed by atoms with E-state index in [4.69, 9.17) is 4.74 Å². The minimum Gasteiger partial charge on any atom is -0.472 e. The number of aromatic nitrogens is 2. The van der Waals surface area contributed by atoms with E-state index in [-0.39, 0.29) is 12.0 Å². The Labute approximate surface area is 133 Å². The second-order valence-electron chi connectivity index (χ2n) is 5.01. The van der Waals surface area contributed by atoms with Crippen LogP contribution in [0.4, 0.5) is 5.13 Å². The van der Waals surface area contributed by atoms with Crippen LogP contribution < -0.4 is 10.1 Å². The molecule has 1 atom stereocenters. The van der Waals surface area contributed by atoms with E-state index in [1.807, 2.05) is 30.0 Å². The van der Waals surface area contributed by atoms with Crippen LogP contribution in [0.15, 0.2) is 30.6 Å². The number of thiazole rings is 1. The van der Waals surface area contributed by atoms with Gasteiger partial charge in [0.1, 0.15) is 11.0 Å². The van der Waals surface area contributed by atoms with Crippen molar-refractivity contribution in [3.8, 4) is 5.88 Å². The molecule has 0 bridgehead atoms. The van der Waals surface area contributed by atoms with Crippen molar-refractivity contribution in [3.05, 3.63) is 35.5 Å². The molecule has 0 radical (unpaired) electrons. The molecule has 116 valence electrons. The molecule has 1 aliphatic rings. The number of rotatable bonds is 5. The van der Waals surface area contributed by atoms with Gasteiger partial charge >= 0.3 is 0 Å². The first-order valence-electron chi connectivity index (χ1n) is 7.33. The largest absolute Gasteiger partial charge is 0.472 e. The summed E-state index contributed by atoms with van der Waals surface area (Å²) in [4.78, 5) is 23.3. The minimum absolute atomic E-state index is 0.00000800. The van der Waals surface area contributed by atoms with Crippen LogP contribution in [0, 0.1) is 0 Å². The van der Waals surface area contributed by atoms with E-state index >= 15 is 0 Å². The molecule has 22 heavy (non-hydrogen) atoms. The number of hydrogen-bond acceptors (Lipinski definition) is 6. The van der Waals surface area contributed by atoms with Crippen LogP contribution in [0.25, 0.3) is 0 Å². The lowest BCUT2D eigenvalue weighted by atomic mass is 10.3. The molecule has 0 aromatic carbocycles. The van der Waals surface area contributed by atoms with Crippen LogP contribution in [0.3, 0.4) is 0 Å². The van der Waals surface area contributed by atoms with Gasteiger partial charge < -0.3 is 15.0 Å². The van der Waals surface area contributed by atoms with Crippen molar-refractivity contribution in [1.82, 2.24) is 14.9 Å². The Kier molecular flexibility index (Phi) is 4.53. The number of hydrogen-bond donors (Lipinski definition) is 1. The molecule has 1 aliphatic heterocycles. The van der Waals surface area contributed by atoms with Gasteiger partial charge in [-0.25, -0.2) is 9.97 Å². The summed E-state index contributed by atoms with van der Waals surface area (Å²) in [6.45, 7) is 4.09. The van der Waals surface area contributed by atoms with Gasteiger partial charge in [-0.3, -0.25) is 4.79 Å². The van der Waals surface area contributed by atoms with Gasteiger partial charge in [0.05, 0.1) is 12.7 Å². The van der Waals surface area contributed by atoms with Crippen LogP contribution in [-0.2, 0) is 0 Å². The van der Waals surface area contributed by atoms with Crippen molar-refractivity contribution >= 4 is 22.4 Å². The van der Waals surface area contributed by atoms with Crippen LogP contribution in [0.2, 0.25) is 0 Å². The molecule has 1 saturated heterocycles. The zero-order valence-electron chi connectivity index (χ0n) is 12.4. The van der Waals surface area contributed by atoms with Crippen molar-refractivity contribution in [2.75, 3.05) is 25.0 Å². The third kappa shape index (κ3) is 3.36. The number of amides is 1. The van der Waals surface area contributed by atoms with Crippen LogP contribution in [0.5, 0.6) is 5.88 Å². The molecule has 0 spiro atoms. The highest BCUT2D eigenvalue weighted by Gasteiger charge is 2.29. The zero-order valence-corrected chi connectivity index (χ0v) is 13.2. The maximum Gasteiger partial charge on any atom is 0.265 e. The Hall–Kier alpha value is -2.15. The molecule has 2 aromatic heterocycles. The number of carbonyl (C=O) groups excluding carboxylic acids is 1. The Balaban J connectivity index is 1.58. The van der Waals surface area contributed by atoms with E-state index in [9.17, 15) is 4.79 Å². The average molecular weight is 318 g/mol. The molecule has 1 amide bonds. The molecule has 0 unspecified atom stereocenters. The van der Waals surface area contributed by atoms with Crippen LogP contribution in [0.1, 0.15) is 23.0 Å². The molecule has 1 fully saturated rings. The predicted molar refractivity (Wildman–Crippen MR) is 85.5 cm³/mol. The fraction of sp³-hybridized carbons (Fsp3) is 0.400. The first kappa shape index (κ1) is 14.8. The molecular formula is C15H18N4O2S. The van der Waals surface area contributed by atoms with Gasteiger partial charge in [-0.1, -0.05) is 17.4 Å². The molecular weight excluding hydrogens is 300 g/mol. The maximum absolute atomic E-state index is 12.5. The van der Waals surface area contributed by atoms with E-state index in [2.05, 4.69) is 15.3 Å². The van der Waals surface area contributed by atoms with E-state index < -0.39 is 0 Å². The van der Waals surface area contributed by atoms with Crippen molar-refractivity contribution < 1.29 is 9.53 Å². The van der Waals surface area contributed by atoms with Gasteiger partial charge in [0.15, 0.2) is 5.13 Å². The van der Waals surface area contributed by atoms with Gasteiger partial charge in [0.2, 0.25) is 5.88 Å². The van der Waals surface area contributed by atoms with Gasteiger partial charge in [0.25, 0.3) is 5.91 Å². The van der Waals surface area contributed by atoms with E-state index in [1.54, 1.807) is 12.4 Å². The number of nitrogens with one attached hydrogen (secondary N) is 1. The number of pyridine rings is 1. The molecule has 0 saturated carbocycles. The summed E-state index contributed by atoms with van der Waals surface area (Å²) < 4.78 is 5.81. The molecule has 0 aliphatic carbocycles. The van der Waals surface area contributed by atoms with Gasteiger partial charge in [-0.15, -0.1) is 0 Å². The highest BCUT2D eigenvalue weighted by molar-refractivity contribution is 7.17. The number of likely N-dealkylation sites (tertiary alicyclic amines) is 1. The van der Waals surface area contributed by atoms with Crippen LogP contribution >= 0.6 is 11.3 Å². The molecule has 6 nitrogen and oxygen atoms in total. The van der Waals surface area contributed by atoms with Gasteiger partial charge in [0, 0.05) is 31.8 Å². The number of carbonyl (C=O) groups is 1. The summed E-state index contributed by atoms with van der Waals surface area (Å²) in [7, 11) is 0. The van der Waals surface area contributed by atoms with Crippen molar-refractivity contribution in [2.45, 2.75) is 19.4 Å². The highest BCUT2D eigenvalue weighted by Crippen LogP contribution is 2.23. The summed E-state index contributed by atoms with van der Waals surface area (Å²) in [6.07, 6.45) is 4.16. The Bertz CT molecular complexity index is 631. The third-order valence-electron chi connectivity index (χ3n) is 3.40. The topological polar surface area (TPSA) is 67.4 Å². The van der Waals surface area contributed by atoms with Crippen molar-refractivity contribution in [2.24, 2.45) is 0 Å². The van der Waals surface area contributed by atoms with E-state index in [0.29, 0.717) is 23.8 Å². The zero-order chi connectivity index (χ0) is 15.4. The Morgan fingerprint density at radius 1 is 1.50 bits per heavy atom. The SMILES string of the molecule is CCNc1ncc(C(=O)N2CC[C@H](Oc3ccccn3)C2)s1. The van der Waals surface area contributed by atoms with Crippen molar-refractivity contribution in [3.63, 3.8) is 0 Å². The molecule has 3 rings (SSSR count). The summed E-state index contributed by atoms with van der Waals surface area (Å²) in [5.74, 6) is 0.628. The number of anilines is 1. The van der Waals surface area contributed by atoms with Gasteiger partial charge in [-0.2, -0.15) is 0 Å². The standard InChI is InChI=1S/C15H18N4O2S/c1-2-16-15-18-9-12(22-15)14(20)19-8-6-11(10-19)21-13-5-3-4-7-17-13/h3-5,7,9,11H,2,6,8,10H2,1H3,(H,16,18)/t11-/m0/s1. The minimum atomic E-state index is 0.00000800. The quantitative estimate of drug-likeness (QED) is 0.916. The first-order valence-corrected chi connectivity index (χ1v) is 8.14. The highest BCUT2D eigenvalue weighted by atomic mass is 32.1. The predicted octanol–water partition coefficient (Wildman–Crippen LogP) is 2.26. The van der Waals surface area contributed by atoms with Crippen molar-refractivity contribution in [1.29, 1.82) is 0 Å². The normalized spacial score (nSPS) is 17.5. The summed E-state index contributed by atoms with van der Waals surface area (Å²) in [5, 5.41) is 3.90. The fourth-order valence-electron chi connectivity index (χ4n) is 2.36.